The summed E-state index contributed by atoms with van der Waals surface area (Å²) in [5.74, 6) is 0. The number of ether oxygens (including phenoxy) is 1. The number of pyridine rings is 1. The van der Waals surface area contributed by atoms with Crippen molar-refractivity contribution in [2.75, 3.05) is 6.61 Å². The molecule has 84 valence electrons. The molecule has 0 aromatic carbocycles. The zero-order valence-corrected chi connectivity index (χ0v) is 9.82. The Balaban J connectivity index is 2.54. The molecule has 0 saturated heterocycles. The van der Waals surface area contributed by atoms with E-state index >= 15 is 0 Å². The van der Waals surface area contributed by atoms with Gasteiger partial charge in [-0.25, -0.2) is 0 Å². The Morgan fingerprint density at radius 1 is 1.40 bits per heavy atom. The van der Waals surface area contributed by atoms with Gasteiger partial charge >= 0.3 is 0 Å². The average Bonchev–Trinajstić information content (AvgIpc) is 2.14. The molecule has 0 aliphatic carbocycles. The molecule has 3 nitrogen and oxygen atoms in total. The van der Waals surface area contributed by atoms with E-state index in [1.54, 1.807) is 6.20 Å². The summed E-state index contributed by atoms with van der Waals surface area (Å²) >= 11 is 0. The topological polar surface area (TPSA) is 42.4 Å². The Morgan fingerprint density at radius 2 is 2.07 bits per heavy atom. The number of hydrogen-bond donors (Lipinski definition) is 1. The van der Waals surface area contributed by atoms with Crippen LogP contribution in [-0.4, -0.2) is 22.3 Å². The summed E-state index contributed by atoms with van der Waals surface area (Å²) in [7, 11) is 0. The molecular formula is C12H19NO2. The second-order valence-corrected chi connectivity index (χ2v) is 4.67. The van der Waals surface area contributed by atoms with Crippen molar-refractivity contribution < 1.29 is 9.84 Å². The van der Waals surface area contributed by atoms with E-state index in [-0.39, 0.29) is 5.60 Å². The van der Waals surface area contributed by atoms with E-state index in [2.05, 4.69) is 4.98 Å². The summed E-state index contributed by atoms with van der Waals surface area (Å²) in [4.78, 5) is 4.13. The average molecular weight is 209 g/mol. The Morgan fingerprint density at radius 3 is 2.53 bits per heavy atom. The highest BCUT2D eigenvalue weighted by molar-refractivity contribution is 5.15. The van der Waals surface area contributed by atoms with Crippen LogP contribution in [0.4, 0.5) is 0 Å². The van der Waals surface area contributed by atoms with Gasteiger partial charge in [-0.3, -0.25) is 4.98 Å². The minimum Gasteiger partial charge on any atom is -0.386 e. The Hall–Kier alpha value is -0.930. The first-order valence-corrected chi connectivity index (χ1v) is 5.13. The summed E-state index contributed by atoms with van der Waals surface area (Å²) in [6, 6.07) is 3.76. The van der Waals surface area contributed by atoms with Crippen LogP contribution < -0.4 is 0 Å². The van der Waals surface area contributed by atoms with Gasteiger partial charge in [0.05, 0.1) is 12.2 Å². The molecule has 1 atom stereocenters. The van der Waals surface area contributed by atoms with Crippen molar-refractivity contribution in [3.8, 4) is 0 Å². The largest absolute Gasteiger partial charge is 0.386 e. The second kappa shape index (κ2) is 4.73. The lowest BCUT2D eigenvalue weighted by Gasteiger charge is -2.22. The van der Waals surface area contributed by atoms with Gasteiger partial charge in [0.25, 0.3) is 0 Å². The number of nitrogens with zero attached hydrogens (tertiary/aromatic N) is 1. The van der Waals surface area contributed by atoms with E-state index in [4.69, 9.17) is 4.74 Å². The van der Waals surface area contributed by atoms with Crippen LogP contribution in [-0.2, 0) is 4.74 Å². The molecule has 0 saturated carbocycles. The minimum absolute atomic E-state index is 0.223. The molecule has 0 aliphatic heterocycles. The summed E-state index contributed by atoms with van der Waals surface area (Å²) in [5.41, 5.74) is 1.52. The highest BCUT2D eigenvalue weighted by Crippen LogP contribution is 2.16. The van der Waals surface area contributed by atoms with Gasteiger partial charge in [-0.05, 0) is 33.8 Å². The third-order valence-corrected chi connectivity index (χ3v) is 1.99. The number of aliphatic hydroxyl groups is 1. The van der Waals surface area contributed by atoms with Crippen molar-refractivity contribution in [1.82, 2.24) is 4.98 Å². The molecule has 1 unspecified atom stereocenters. The molecule has 1 aromatic heterocycles. The lowest BCUT2D eigenvalue weighted by molar-refractivity contribution is -0.0497. The molecule has 1 rings (SSSR count). The molecule has 1 heterocycles. The van der Waals surface area contributed by atoms with Crippen molar-refractivity contribution in [2.24, 2.45) is 0 Å². The Labute approximate surface area is 91.1 Å². The predicted octanol–water partition coefficient (Wildman–Crippen LogP) is 2.24. The monoisotopic (exact) mass is 209 g/mol. The number of aryl methyl sites for hydroxylation is 1. The molecule has 0 aliphatic rings. The molecule has 0 fully saturated rings. The van der Waals surface area contributed by atoms with Gasteiger partial charge in [0.1, 0.15) is 6.10 Å². The lowest BCUT2D eigenvalue weighted by atomic mass is 10.1. The standard InChI is InChI=1S/C12H19NO2/c1-9-5-6-10(7-13-9)11(14)8-15-12(2,3)4/h5-7,11,14H,8H2,1-4H3. The summed E-state index contributed by atoms with van der Waals surface area (Å²) < 4.78 is 5.50. The summed E-state index contributed by atoms with van der Waals surface area (Å²) in [6.07, 6.45) is 1.09. The van der Waals surface area contributed by atoms with Crippen LogP contribution in [0, 0.1) is 6.92 Å². The van der Waals surface area contributed by atoms with Crippen LogP contribution in [0.25, 0.3) is 0 Å². The second-order valence-electron chi connectivity index (χ2n) is 4.67. The van der Waals surface area contributed by atoms with Crippen molar-refractivity contribution in [3.63, 3.8) is 0 Å². The molecule has 0 bridgehead atoms. The SMILES string of the molecule is Cc1ccc(C(O)COC(C)(C)C)cn1. The van der Waals surface area contributed by atoms with Gasteiger partial charge in [0, 0.05) is 17.5 Å². The molecule has 0 amide bonds. The quantitative estimate of drug-likeness (QED) is 0.830. The van der Waals surface area contributed by atoms with E-state index < -0.39 is 6.10 Å². The minimum atomic E-state index is -0.600. The van der Waals surface area contributed by atoms with E-state index in [0.717, 1.165) is 11.3 Å². The number of aromatic nitrogens is 1. The fraction of sp³-hybridized carbons (Fsp3) is 0.583. The smallest absolute Gasteiger partial charge is 0.104 e. The van der Waals surface area contributed by atoms with E-state index in [9.17, 15) is 5.11 Å². The van der Waals surface area contributed by atoms with Gasteiger partial charge in [-0.15, -0.1) is 0 Å². The molecule has 0 spiro atoms. The van der Waals surface area contributed by atoms with Crippen molar-refractivity contribution in [1.29, 1.82) is 0 Å². The maximum Gasteiger partial charge on any atom is 0.104 e. The zero-order chi connectivity index (χ0) is 11.5. The molecule has 0 radical (unpaired) electrons. The normalized spacial score (nSPS) is 13.9. The van der Waals surface area contributed by atoms with E-state index in [1.165, 1.54) is 0 Å². The van der Waals surface area contributed by atoms with Crippen LogP contribution >= 0.6 is 0 Å². The van der Waals surface area contributed by atoms with Crippen molar-refractivity contribution in [3.05, 3.63) is 29.6 Å². The fourth-order valence-electron chi connectivity index (χ4n) is 1.10. The van der Waals surface area contributed by atoms with Crippen LogP contribution in [0.15, 0.2) is 18.3 Å². The number of hydrogen-bond acceptors (Lipinski definition) is 3. The third-order valence-electron chi connectivity index (χ3n) is 1.99. The van der Waals surface area contributed by atoms with Crippen LogP contribution in [0.5, 0.6) is 0 Å². The Bertz CT molecular complexity index is 300. The summed E-state index contributed by atoms with van der Waals surface area (Å²) in [5, 5.41) is 9.81. The van der Waals surface area contributed by atoms with Crippen molar-refractivity contribution >= 4 is 0 Å². The van der Waals surface area contributed by atoms with Gasteiger partial charge in [0.15, 0.2) is 0 Å². The fourth-order valence-corrected chi connectivity index (χ4v) is 1.10. The molecule has 1 N–H and O–H groups in total. The molecular weight excluding hydrogens is 190 g/mol. The first-order valence-electron chi connectivity index (χ1n) is 5.13. The number of aliphatic hydroxyl groups excluding tert-OH is 1. The van der Waals surface area contributed by atoms with Gasteiger partial charge in [-0.2, -0.15) is 0 Å². The maximum absolute atomic E-state index is 9.81. The summed E-state index contributed by atoms with van der Waals surface area (Å²) in [6.45, 7) is 8.11. The lowest BCUT2D eigenvalue weighted by Crippen LogP contribution is -2.22. The highest BCUT2D eigenvalue weighted by Gasteiger charge is 2.14. The highest BCUT2D eigenvalue weighted by atomic mass is 16.5. The van der Waals surface area contributed by atoms with Crippen LogP contribution in [0.2, 0.25) is 0 Å². The van der Waals surface area contributed by atoms with E-state index in [1.807, 2.05) is 39.8 Å². The van der Waals surface area contributed by atoms with Gasteiger partial charge < -0.3 is 9.84 Å². The maximum atomic E-state index is 9.81. The molecule has 15 heavy (non-hydrogen) atoms. The van der Waals surface area contributed by atoms with E-state index in [0.29, 0.717) is 6.61 Å². The van der Waals surface area contributed by atoms with Crippen LogP contribution in [0.1, 0.15) is 38.1 Å². The van der Waals surface area contributed by atoms with Crippen molar-refractivity contribution in [2.45, 2.75) is 39.4 Å². The zero-order valence-electron chi connectivity index (χ0n) is 9.82. The van der Waals surface area contributed by atoms with Gasteiger partial charge in [0.2, 0.25) is 0 Å². The molecule has 3 heteroatoms. The Kier molecular flexibility index (Phi) is 3.83. The number of rotatable bonds is 3. The molecule has 1 aromatic rings. The third kappa shape index (κ3) is 4.40. The van der Waals surface area contributed by atoms with Gasteiger partial charge in [-0.1, -0.05) is 6.07 Å². The van der Waals surface area contributed by atoms with Crippen LogP contribution in [0.3, 0.4) is 0 Å². The first-order chi connectivity index (χ1) is 6.88. The predicted molar refractivity (Wildman–Crippen MR) is 59.6 cm³/mol. The first kappa shape index (κ1) is 12.1.